The molecule has 0 aromatic carbocycles. The van der Waals surface area contributed by atoms with E-state index < -0.39 is 0 Å². The molecule has 0 amide bonds. The molecule has 2 rings (SSSR count). The third-order valence-electron chi connectivity index (χ3n) is 6.38. The minimum Gasteiger partial charge on any atom is -0.294 e. The van der Waals surface area contributed by atoms with E-state index >= 15 is 0 Å². The first-order valence-electron chi connectivity index (χ1n) is 7.03. The van der Waals surface area contributed by atoms with Crippen molar-refractivity contribution >= 4 is 0 Å². The van der Waals surface area contributed by atoms with E-state index in [1.54, 1.807) is 0 Å². The van der Waals surface area contributed by atoms with Crippen LogP contribution in [-0.4, -0.2) is 23.0 Å². The number of rotatable bonds is 1. The van der Waals surface area contributed by atoms with Crippen LogP contribution in [0.2, 0.25) is 0 Å². The topological polar surface area (TPSA) is 3.24 Å². The Morgan fingerprint density at radius 2 is 1.69 bits per heavy atom. The smallest absolute Gasteiger partial charge is 0.0244 e. The Kier molecular flexibility index (Phi) is 2.70. The summed E-state index contributed by atoms with van der Waals surface area (Å²) >= 11 is 0. The lowest BCUT2D eigenvalue weighted by atomic mass is 9.67. The molecule has 5 atom stereocenters. The normalized spacial score (nSPS) is 51.9. The third-order valence-corrected chi connectivity index (χ3v) is 6.38. The fraction of sp³-hybridized carbons (Fsp3) is 1.00. The molecule has 2 saturated heterocycles. The van der Waals surface area contributed by atoms with Crippen LogP contribution in [0.1, 0.15) is 54.9 Å². The summed E-state index contributed by atoms with van der Waals surface area (Å²) in [5.41, 5.74) is 0.917. The molecule has 16 heavy (non-hydrogen) atoms. The SMILES string of the molecule is CCC1C(C)C(C)C2(C)[C@H](C)C(C)(C)CN12. The molecule has 1 nitrogen and oxygen atoms in total. The quantitative estimate of drug-likeness (QED) is 0.654. The molecular formula is C15H29N. The predicted octanol–water partition coefficient (Wildman–Crippen LogP) is 3.79. The molecule has 2 heterocycles. The van der Waals surface area contributed by atoms with Crippen molar-refractivity contribution in [3.63, 3.8) is 0 Å². The van der Waals surface area contributed by atoms with Gasteiger partial charge in [-0.1, -0.05) is 41.5 Å². The van der Waals surface area contributed by atoms with Crippen LogP contribution in [0.3, 0.4) is 0 Å². The van der Waals surface area contributed by atoms with Gasteiger partial charge in [0.15, 0.2) is 0 Å². The maximum Gasteiger partial charge on any atom is 0.0244 e. The zero-order valence-electron chi connectivity index (χ0n) is 12.2. The molecule has 0 N–H and O–H groups in total. The van der Waals surface area contributed by atoms with E-state index in [-0.39, 0.29) is 0 Å². The van der Waals surface area contributed by atoms with E-state index in [4.69, 9.17) is 0 Å². The van der Waals surface area contributed by atoms with Crippen LogP contribution in [0, 0.1) is 23.2 Å². The van der Waals surface area contributed by atoms with Gasteiger partial charge >= 0.3 is 0 Å². The highest BCUT2D eigenvalue weighted by atomic mass is 15.3. The highest BCUT2D eigenvalue weighted by molar-refractivity contribution is 5.15. The lowest BCUT2D eigenvalue weighted by Crippen LogP contribution is -2.45. The first-order chi connectivity index (χ1) is 7.26. The Bertz CT molecular complexity index is 281. The Labute approximate surface area is 102 Å². The second kappa shape index (κ2) is 3.48. The second-order valence-corrected chi connectivity index (χ2v) is 7.19. The lowest BCUT2D eigenvalue weighted by molar-refractivity contribution is 0.109. The fourth-order valence-corrected chi connectivity index (χ4v) is 4.66. The standard InChI is InChI=1S/C15H29N/c1-8-13-10(2)11(3)15(7)12(4)14(5,6)9-16(13)15/h10-13H,8-9H2,1-7H3/t10?,11?,12-,13?,15?/m1/s1. The third kappa shape index (κ3) is 1.27. The summed E-state index contributed by atoms with van der Waals surface area (Å²) in [6, 6.07) is 0.809. The molecule has 2 fully saturated rings. The van der Waals surface area contributed by atoms with Gasteiger partial charge in [-0.3, -0.25) is 4.90 Å². The molecule has 94 valence electrons. The molecular weight excluding hydrogens is 194 g/mol. The van der Waals surface area contributed by atoms with Crippen LogP contribution in [0.25, 0.3) is 0 Å². The van der Waals surface area contributed by atoms with Crippen molar-refractivity contribution in [2.75, 3.05) is 6.54 Å². The molecule has 0 aromatic heterocycles. The van der Waals surface area contributed by atoms with Gasteiger partial charge in [-0.2, -0.15) is 0 Å². The van der Waals surface area contributed by atoms with Gasteiger partial charge in [-0.05, 0) is 36.5 Å². The summed E-state index contributed by atoms with van der Waals surface area (Å²) in [7, 11) is 0. The lowest BCUT2D eigenvalue weighted by Gasteiger charge is -2.39. The maximum absolute atomic E-state index is 2.84. The molecule has 0 spiro atoms. The summed E-state index contributed by atoms with van der Waals surface area (Å²) in [4.78, 5) is 2.84. The van der Waals surface area contributed by atoms with E-state index in [9.17, 15) is 0 Å². The van der Waals surface area contributed by atoms with E-state index in [1.165, 1.54) is 13.0 Å². The summed E-state index contributed by atoms with van der Waals surface area (Å²) in [5, 5.41) is 0. The molecule has 1 heteroatoms. The fourth-order valence-electron chi connectivity index (χ4n) is 4.66. The molecule has 2 aliphatic heterocycles. The Morgan fingerprint density at radius 3 is 2.19 bits per heavy atom. The second-order valence-electron chi connectivity index (χ2n) is 7.19. The van der Waals surface area contributed by atoms with Gasteiger partial charge in [0.25, 0.3) is 0 Å². The summed E-state index contributed by atoms with van der Waals surface area (Å²) in [5.74, 6) is 2.48. The zero-order valence-corrected chi connectivity index (χ0v) is 12.2. The van der Waals surface area contributed by atoms with Crippen molar-refractivity contribution in [1.82, 2.24) is 4.90 Å². The van der Waals surface area contributed by atoms with Crippen molar-refractivity contribution in [3.8, 4) is 0 Å². The molecule has 0 aliphatic carbocycles. The number of hydrogen-bond acceptors (Lipinski definition) is 1. The Hall–Kier alpha value is -0.0400. The predicted molar refractivity (Wildman–Crippen MR) is 70.5 cm³/mol. The Morgan fingerprint density at radius 1 is 1.12 bits per heavy atom. The van der Waals surface area contributed by atoms with Gasteiger partial charge in [-0.25, -0.2) is 0 Å². The maximum atomic E-state index is 2.84. The molecule has 4 unspecified atom stereocenters. The van der Waals surface area contributed by atoms with Crippen LogP contribution in [0.15, 0.2) is 0 Å². The minimum atomic E-state index is 0.434. The summed E-state index contributed by atoms with van der Waals surface area (Å²) < 4.78 is 0. The highest BCUT2D eigenvalue weighted by Gasteiger charge is 2.62. The van der Waals surface area contributed by atoms with Crippen LogP contribution >= 0.6 is 0 Å². The van der Waals surface area contributed by atoms with Crippen LogP contribution in [-0.2, 0) is 0 Å². The molecule has 0 saturated carbocycles. The van der Waals surface area contributed by atoms with E-state index in [0.29, 0.717) is 11.0 Å². The Balaban J connectivity index is 2.40. The van der Waals surface area contributed by atoms with Gasteiger partial charge in [0.2, 0.25) is 0 Å². The minimum absolute atomic E-state index is 0.434. The summed E-state index contributed by atoms with van der Waals surface area (Å²) in [6.07, 6.45) is 1.31. The van der Waals surface area contributed by atoms with Crippen LogP contribution < -0.4 is 0 Å². The number of nitrogens with zero attached hydrogens (tertiary/aromatic N) is 1. The van der Waals surface area contributed by atoms with Gasteiger partial charge in [0, 0.05) is 18.1 Å². The first kappa shape index (κ1) is 12.4. The first-order valence-corrected chi connectivity index (χ1v) is 7.03. The van der Waals surface area contributed by atoms with E-state index in [1.807, 2.05) is 0 Å². The van der Waals surface area contributed by atoms with Crippen LogP contribution in [0.5, 0.6) is 0 Å². The molecule has 2 aliphatic rings. The molecule has 0 aromatic rings. The van der Waals surface area contributed by atoms with Gasteiger partial charge < -0.3 is 0 Å². The van der Waals surface area contributed by atoms with Crippen molar-refractivity contribution in [2.24, 2.45) is 23.2 Å². The van der Waals surface area contributed by atoms with Crippen molar-refractivity contribution in [2.45, 2.75) is 66.5 Å². The molecule has 0 bridgehead atoms. The highest BCUT2D eigenvalue weighted by Crippen LogP contribution is 2.57. The van der Waals surface area contributed by atoms with Crippen molar-refractivity contribution in [3.05, 3.63) is 0 Å². The largest absolute Gasteiger partial charge is 0.294 e. The average Bonchev–Trinajstić information content (AvgIpc) is 2.50. The molecule has 0 radical (unpaired) electrons. The van der Waals surface area contributed by atoms with E-state index in [2.05, 4.69) is 53.4 Å². The monoisotopic (exact) mass is 223 g/mol. The zero-order chi connectivity index (χ0) is 12.3. The van der Waals surface area contributed by atoms with Gasteiger partial charge in [0.1, 0.15) is 0 Å². The van der Waals surface area contributed by atoms with Crippen molar-refractivity contribution < 1.29 is 0 Å². The van der Waals surface area contributed by atoms with Gasteiger partial charge in [0.05, 0.1) is 0 Å². The van der Waals surface area contributed by atoms with Gasteiger partial charge in [-0.15, -0.1) is 0 Å². The number of fused-ring (bicyclic) bond motifs is 1. The van der Waals surface area contributed by atoms with Crippen molar-refractivity contribution in [1.29, 1.82) is 0 Å². The number of hydrogen-bond donors (Lipinski definition) is 0. The summed E-state index contributed by atoms with van der Waals surface area (Å²) in [6.45, 7) is 18.5. The van der Waals surface area contributed by atoms with E-state index in [0.717, 1.165) is 23.8 Å². The average molecular weight is 223 g/mol. The van der Waals surface area contributed by atoms with Crippen LogP contribution in [0.4, 0.5) is 0 Å².